The number of benzene rings is 1. The summed E-state index contributed by atoms with van der Waals surface area (Å²) in [4.78, 5) is 0. The number of nitrogen functional groups attached to an aromatic ring is 1. The number of rotatable bonds is 1. The van der Waals surface area contributed by atoms with Crippen molar-refractivity contribution in [1.29, 1.82) is 0 Å². The van der Waals surface area contributed by atoms with Crippen molar-refractivity contribution < 1.29 is 13.2 Å². The summed E-state index contributed by atoms with van der Waals surface area (Å²) in [6, 6.07) is 7.04. The molecule has 84 valence electrons. The molecule has 0 radical (unpaired) electrons. The zero-order chi connectivity index (χ0) is 11.8. The van der Waals surface area contributed by atoms with Gasteiger partial charge < -0.3 is 5.73 Å². The van der Waals surface area contributed by atoms with Crippen LogP contribution in [0.15, 0.2) is 35.7 Å². The van der Waals surface area contributed by atoms with Crippen molar-refractivity contribution in [3.8, 4) is 11.1 Å². The first-order chi connectivity index (χ1) is 7.50. The molecule has 0 aliphatic carbocycles. The van der Waals surface area contributed by atoms with Gasteiger partial charge in [-0.25, -0.2) is 0 Å². The molecule has 0 atom stereocenters. The largest absolute Gasteiger partial charge is 0.417 e. The van der Waals surface area contributed by atoms with E-state index in [-0.39, 0.29) is 5.56 Å². The van der Waals surface area contributed by atoms with Gasteiger partial charge in [0.15, 0.2) is 0 Å². The maximum Gasteiger partial charge on any atom is 0.417 e. The Bertz CT molecular complexity index is 502. The minimum absolute atomic E-state index is 0.133. The first-order valence-corrected chi connectivity index (χ1v) is 5.37. The van der Waals surface area contributed by atoms with Gasteiger partial charge in [-0.05, 0) is 23.1 Å². The van der Waals surface area contributed by atoms with Crippen molar-refractivity contribution in [3.63, 3.8) is 0 Å². The van der Waals surface area contributed by atoms with E-state index in [4.69, 9.17) is 5.73 Å². The summed E-state index contributed by atoms with van der Waals surface area (Å²) in [6.45, 7) is 0. The predicted octanol–water partition coefficient (Wildman–Crippen LogP) is 4.02. The highest BCUT2D eigenvalue weighted by molar-refractivity contribution is 7.14. The average molecular weight is 243 g/mol. The molecule has 2 rings (SSSR count). The van der Waals surface area contributed by atoms with Gasteiger partial charge in [0.2, 0.25) is 0 Å². The van der Waals surface area contributed by atoms with Gasteiger partial charge in [0, 0.05) is 5.56 Å². The quantitative estimate of drug-likeness (QED) is 0.804. The van der Waals surface area contributed by atoms with Crippen LogP contribution in [0.5, 0.6) is 0 Å². The second kappa shape index (κ2) is 3.83. The van der Waals surface area contributed by atoms with E-state index in [2.05, 4.69) is 0 Å². The third kappa shape index (κ3) is 1.90. The molecule has 16 heavy (non-hydrogen) atoms. The first-order valence-electron chi connectivity index (χ1n) is 4.49. The number of hydrogen-bond acceptors (Lipinski definition) is 2. The molecule has 2 aromatic rings. The molecular formula is C11H8F3NS. The van der Waals surface area contributed by atoms with Crippen LogP contribution in [0.2, 0.25) is 0 Å². The van der Waals surface area contributed by atoms with Gasteiger partial charge >= 0.3 is 6.18 Å². The minimum atomic E-state index is -4.36. The molecule has 1 nitrogen and oxygen atoms in total. The van der Waals surface area contributed by atoms with E-state index in [1.807, 2.05) is 0 Å². The molecule has 1 aromatic carbocycles. The Kier molecular flexibility index (Phi) is 2.63. The third-order valence-corrected chi connectivity index (χ3v) is 2.96. The van der Waals surface area contributed by atoms with E-state index < -0.39 is 11.7 Å². The maximum atomic E-state index is 12.7. The van der Waals surface area contributed by atoms with Gasteiger partial charge in [0.05, 0.1) is 10.6 Å². The van der Waals surface area contributed by atoms with Gasteiger partial charge in [-0.15, -0.1) is 11.3 Å². The zero-order valence-electron chi connectivity index (χ0n) is 8.08. The number of thiophene rings is 1. The van der Waals surface area contributed by atoms with E-state index in [0.29, 0.717) is 10.6 Å². The Hall–Kier alpha value is -1.49. The first kappa shape index (κ1) is 11.0. The summed E-state index contributed by atoms with van der Waals surface area (Å²) >= 11 is 1.23. The molecule has 0 aliphatic heterocycles. The lowest BCUT2D eigenvalue weighted by Crippen LogP contribution is -2.06. The SMILES string of the molecule is Nc1sccc1-c1ccccc1C(F)(F)F. The van der Waals surface area contributed by atoms with E-state index in [9.17, 15) is 13.2 Å². The molecule has 0 saturated carbocycles. The predicted molar refractivity (Wildman–Crippen MR) is 59.2 cm³/mol. The van der Waals surface area contributed by atoms with Crippen LogP contribution in [-0.4, -0.2) is 0 Å². The zero-order valence-corrected chi connectivity index (χ0v) is 8.90. The standard InChI is InChI=1S/C11H8F3NS/c12-11(13,14)9-4-2-1-3-7(9)8-5-6-16-10(8)15/h1-6H,15H2. The maximum absolute atomic E-state index is 12.7. The molecule has 0 amide bonds. The van der Waals surface area contributed by atoms with Gasteiger partial charge in [0.1, 0.15) is 0 Å². The molecule has 0 bridgehead atoms. The Morgan fingerprint density at radius 1 is 1.00 bits per heavy atom. The summed E-state index contributed by atoms with van der Waals surface area (Å²) in [6.07, 6.45) is -4.36. The molecular weight excluding hydrogens is 235 g/mol. The Morgan fingerprint density at radius 2 is 1.69 bits per heavy atom. The van der Waals surface area contributed by atoms with Crippen LogP contribution < -0.4 is 5.73 Å². The molecule has 0 saturated heterocycles. The van der Waals surface area contributed by atoms with Crippen LogP contribution in [0.1, 0.15) is 5.56 Å². The van der Waals surface area contributed by atoms with Gasteiger partial charge in [-0.2, -0.15) is 13.2 Å². The second-order valence-electron chi connectivity index (χ2n) is 3.24. The van der Waals surface area contributed by atoms with E-state index in [0.717, 1.165) is 6.07 Å². The van der Waals surface area contributed by atoms with Crippen molar-refractivity contribution in [2.45, 2.75) is 6.18 Å². The normalized spacial score (nSPS) is 11.7. The molecule has 1 aromatic heterocycles. The number of nitrogens with two attached hydrogens (primary N) is 1. The molecule has 0 aliphatic rings. The minimum Gasteiger partial charge on any atom is -0.390 e. The lowest BCUT2D eigenvalue weighted by atomic mass is 10.0. The van der Waals surface area contributed by atoms with Crippen LogP contribution >= 0.6 is 11.3 Å². The Labute approximate surface area is 94.3 Å². The van der Waals surface area contributed by atoms with Crippen molar-refractivity contribution >= 4 is 16.3 Å². The Morgan fingerprint density at radius 3 is 2.25 bits per heavy atom. The molecule has 0 spiro atoms. The number of anilines is 1. The third-order valence-electron chi connectivity index (χ3n) is 2.22. The Balaban J connectivity index is 2.62. The van der Waals surface area contributed by atoms with Gasteiger partial charge in [-0.1, -0.05) is 18.2 Å². The second-order valence-corrected chi connectivity index (χ2v) is 4.19. The summed E-state index contributed by atoms with van der Waals surface area (Å²) in [7, 11) is 0. The highest BCUT2D eigenvalue weighted by Crippen LogP contribution is 2.40. The van der Waals surface area contributed by atoms with E-state index >= 15 is 0 Å². The molecule has 1 heterocycles. The molecule has 0 fully saturated rings. The lowest BCUT2D eigenvalue weighted by Gasteiger charge is -2.12. The van der Waals surface area contributed by atoms with Crippen molar-refractivity contribution in [1.82, 2.24) is 0 Å². The number of alkyl halides is 3. The number of hydrogen-bond donors (Lipinski definition) is 1. The smallest absolute Gasteiger partial charge is 0.390 e. The van der Waals surface area contributed by atoms with Gasteiger partial charge in [0.25, 0.3) is 0 Å². The highest BCUT2D eigenvalue weighted by atomic mass is 32.1. The molecule has 5 heteroatoms. The van der Waals surface area contributed by atoms with Crippen molar-refractivity contribution in [2.75, 3.05) is 5.73 Å². The molecule has 0 unspecified atom stereocenters. The van der Waals surface area contributed by atoms with Crippen LogP contribution in [0.3, 0.4) is 0 Å². The summed E-state index contributed by atoms with van der Waals surface area (Å²) in [5.41, 5.74) is 5.56. The fourth-order valence-electron chi connectivity index (χ4n) is 1.51. The van der Waals surface area contributed by atoms with E-state index in [1.54, 1.807) is 17.5 Å². The van der Waals surface area contributed by atoms with Crippen molar-refractivity contribution in [2.24, 2.45) is 0 Å². The summed E-state index contributed by atoms with van der Waals surface area (Å²) in [5.74, 6) is 0. The van der Waals surface area contributed by atoms with Crippen LogP contribution in [0.25, 0.3) is 11.1 Å². The highest BCUT2D eigenvalue weighted by Gasteiger charge is 2.33. The average Bonchev–Trinajstić information content (AvgIpc) is 2.63. The summed E-state index contributed by atoms with van der Waals surface area (Å²) < 4.78 is 38.2. The van der Waals surface area contributed by atoms with E-state index in [1.165, 1.54) is 23.5 Å². The fraction of sp³-hybridized carbons (Fsp3) is 0.0909. The number of halogens is 3. The lowest BCUT2D eigenvalue weighted by molar-refractivity contribution is -0.137. The molecule has 2 N–H and O–H groups in total. The summed E-state index contributed by atoms with van der Waals surface area (Å²) in [5, 5.41) is 2.08. The monoisotopic (exact) mass is 243 g/mol. The van der Waals surface area contributed by atoms with Crippen LogP contribution in [0.4, 0.5) is 18.2 Å². The van der Waals surface area contributed by atoms with Gasteiger partial charge in [-0.3, -0.25) is 0 Å². The fourth-order valence-corrected chi connectivity index (χ4v) is 2.16. The van der Waals surface area contributed by atoms with Crippen LogP contribution in [-0.2, 0) is 6.18 Å². The van der Waals surface area contributed by atoms with Crippen LogP contribution in [0, 0.1) is 0 Å². The van der Waals surface area contributed by atoms with Crippen molar-refractivity contribution in [3.05, 3.63) is 41.3 Å². The topological polar surface area (TPSA) is 26.0 Å².